The highest BCUT2D eigenvalue weighted by Crippen LogP contribution is 2.41. The Hall–Kier alpha value is -2.95. The van der Waals surface area contributed by atoms with Crippen molar-refractivity contribution in [2.75, 3.05) is 0 Å². The molecule has 0 spiro atoms. The number of allylic oxidation sites excluding steroid dienone is 1. The summed E-state index contributed by atoms with van der Waals surface area (Å²) in [5.74, 6) is -0.367. The smallest absolute Gasteiger partial charge is 0.255 e. The van der Waals surface area contributed by atoms with Crippen LogP contribution in [0.1, 0.15) is 46.8 Å². The number of hydrogen-bond donors (Lipinski definition) is 0. The average molecular weight is 348 g/mol. The number of benzene rings is 2. The van der Waals surface area contributed by atoms with Crippen LogP contribution in [0.5, 0.6) is 0 Å². The molecule has 1 aliphatic carbocycles. The fraction of sp³-hybridized carbons (Fsp3) is 0.286. The van der Waals surface area contributed by atoms with E-state index in [9.17, 15) is 14.9 Å². The molecule has 2 aromatic carbocycles. The number of amides is 1. The standard InChI is InChI=1S/C21H20N2O3/c1-14-16-10-5-6-11-18(16)21(24)22(14)19-13-7-12-17(20(19)23(25)26)15-8-3-2-4-9-15/h2-11,13-14,17,19-20H,12H2,1H3/t14-,17-,19+,20-/m0/s1. The van der Waals surface area contributed by atoms with Gasteiger partial charge in [-0.2, -0.15) is 0 Å². The highest BCUT2D eigenvalue weighted by molar-refractivity contribution is 5.99. The maximum Gasteiger partial charge on any atom is 0.255 e. The maximum atomic E-state index is 13.0. The average Bonchev–Trinajstić information content (AvgIpc) is 2.93. The highest BCUT2D eigenvalue weighted by atomic mass is 16.6. The van der Waals surface area contributed by atoms with Crippen LogP contribution in [-0.2, 0) is 0 Å². The third-order valence-electron chi connectivity index (χ3n) is 5.57. The van der Waals surface area contributed by atoms with E-state index in [-0.39, 0.29) is 22.8 Å². The number of nitrogens with zero attached hydrogens (tertiary/aromatic N) is 2. The van der Waals surface area contributed by atoms with Crippen molar-refractivity contribution >= 4 is 5.91 Å². The summed E-state index contributed by atoms with van der Waals surface area (Å²) in [6, 6.07) is 15.5. The Labute approximate surface area is 152 Å². The molecule has 2 aromatic rings. The Morgan fingerprint density at radius 2 is 1.77 bits per heavy atom. The second kappa shape index (κ2) is 6.41. The first-order chi connectivity index (χ1) is 12.6. The van der Waals surface area contributed by atoms with Crippen molar-refractivity contribution in [2.24, 2.45) is 0 Å². The van der Waals surface area contributed by atoms with Crippen molar-refractivity contribution in [3.63, 3.8) is 0 Å². The summed E-state index contributed by atoms with van der Waals surface area (Å²) in [5, 5.41) is 12.0. The van der Waals surface area contributed by atoms with Crippen LogP contribution in [0, 0.1) is 10.1 Å². The zero-order valence-electron chi connectivity index (χ0n) is 14.5. The molecular formula is C21H20N2O3. The summed E-state index contributed by atoms with van der Waals surface area (Å²) in [5.41, 5.74) is 2.53. The number of nitro groups is 1. The van der Waals surface area contributed by atoms with Crippen LogP contribution in [0.3, 0.4) is 0 Å². The van der Waals surface area contributed by atoms with Gasteiger partial charge in [-0.1, -0.05) is 60.7 Å². The van der Waals surface area contributed by atoms with Gasteiger partial charge in [-0.05, 0) is 30.5 Å². The number of fused-ring (bicyclic) bond motifs is 1. The minimum Gasteiger partial charge on any atom is -0.318 e. The predicted octanol–water partition coefficient (Wildman–Crippen LogP) is 3.96. The Morgan fingerprint density at radius 1 is 1.08 bits per heavy atom. The fourth-order valence-electron chi connectivity index (χ4n) is 4.33. The van der Waals surface area contributed by atoms with E-state index in [1.165, 1.54) is 0 Å². The summed E-state index contributed by atoms with van der Waals surface area (Å²) in [7, 11) is 0. The Bertz CT molecular complexity index is 878. The SMILES string of the molecule is C[C@H]1c2ccccc2C(=O)N1[C@@H]1C=CC[C@@H](c2ccccc2)[C@@H]1[N+](=O)[O-]. The van der Waals surface area contributed by atoms with E-state index in [1.807, 2.05) is 67.6 Å². The highest BCUT2D eigenvalue weighted by Gasteiger charge is 2.48. The Morgan fingerprint density at radius 3 is 2.46 bits per heavy atom. The lowest BCUT2D eigenvalue weighted by molar-refractivity contribution is -0.532. The third kappa shape index (κ3) is 2.51. The van der Waals surface area contributed by atoms with Gasteiger partial charge in [0.1, 0.15) is 6.04 Å². The predicted molar refractivity (Wildman–Crippen MR) is 98.5 cm³/mol. The van der Waals surface area contributed by atoms with Crippen LogP contribution >= 0.6 is 0 Å². The number of carbonyl (C=O) groups is 1. The zero-order valence-corrected chi connectivity index (χ0v) is 14.5. The molecule has 0 N–H and O–H groups in total. The summed E-state index contributed by atoms with van der Waals surface area (Å²) >= 11 is 0. The van der Waals surface area contributed by atoms with Crippen LogP contribution in [0.25, 0.3) is 0 Å². The summed E-state index contributed by atoms with van der Waals surface area (Å²) in [6.07, 6.45) is 4.42. The van der Waals surface area contributed by atoms with Crippen molar-refractivity contribution in [3.8, 4) is 0 Å². The van der Waals surface area contributed by atoms with Gasteiger partial charge in [0.2, 0.25) is 6.04 Å². The quantitative estimate of drug-likeness (QED) is 0.479. The molecule has 1 aliphatic heterocycles. The maximum absolute atomic E-state index is 13.0. The van der Waals surface area contributed by atoms with Crippen molar-refractivity contribution in [1.29, 1.82) is 0 Å². The molecule has 4 rings (SSSR count). The number of hydrogen-bond acceptors (Lipinski definition) is 3. The summed E-state index contributed by atoms with van der Waals surface area (Å²) in [4.78, 5) is 26.5. The van der Waals surface area contributed by atoms with Crippen molar-refractivity contribution in [3.05, 3.63) is 93.6 Å². The monoisotopic (exact) mass is 348 g/mol. The lowest BCUT2D eigenvalue weighted by Gasteiger charge is -2.36. The van der Waals surface area contributed by atoms with E-state index >= 15 is 0 Å². The molecule has 0 bridgehead atoms. The van der Waals surface area contributed by atoms with Gasteiger partial charge in [-0.3, -0.25) is 14.9 Å². The third-order valence-corrected chi connectivity index (χ3v) is 5.57. The van der Waals surface area contributed by atoms with Crippen molar-refractivity contribution < 1.29 is 9.72 Å². The molecule has 1 amide bonds. The second-order valence-electron chi connectivity index (χ2n) is 6.92. The molecular weight excluding hydrogens is 328 g/mol. The molecule has 26 heavy (non-hydrogen) atoms. The van der Waals surface area contributed by atoms with E-state index in [0.717, 1.165) is 11.1 Å². The lowest BCUT2D eigenvalue weighted by Crippen LogP contribution is -2.51. The molecule has 0 fully saturated rings. The largest absolute Gasteiger partial charge is 0.318 e. The fourth-order valence-corrected chi connectivity index (χ4v) is 4.33. The molecule has 5 heteroatoms. The lowest BCUT2D eigenvalue weighted by atomic mass is 9.80. The summed E-state index contributed by atoms with van der Waals surface area (Å²) in [6.45, 7) is 1.95. The molecule has 0 saturated carbocycles. The van der Waals surface area contributed by atoms with E-state index < -0.39 is 12.1 Å². The molecule has 1 heterocycles. The number of rotatable bonds is 3. The topological polar surface area (TPSA) is 63.5 Å². The minimum absolute atomic E-state index is 0.122. The van der Waals surface area contributed by atoms with Crippen molar-refractivity contribution in [2.45, 2.75) is 37.4 Å². The van der Waals surface area contributed by atoms with Gasteiger partial charge in [-0.15, -0.1) is 0 Å². The normalized spacial score (nSPS) is 27.4. The molecule has 4 atom stereocenters. The van der Waals surface area contributed by atoms with Gasteiger partial charge >= 0.3 is 0 Å². The molecule has 0 radical (unpaired) electrons. The van der Waals surface area contributed by atoms with Crippen LogP contribution in [-0.4, -0.2) is 27.8 Å². The molecule has 5 nitrogen and oxygen atoms in total. The second-order valence-corrected chi connectivity index (χ2v) is 6.92. The van der Waals surface area contributed by atoms with E-state index in [1.54, 1.807) is 11.0 Å². The van der Waals surface area contributed by atoms with Gasteiger partial charge in [-0.25, -0.2) is 0 Å². The molecule has 0 unspecified atom stereocenters. The van der Waals surface area contributed by atoms with Gasteiger partial charge in [0.25, 0.3) is 5.91 Å². The van der Waals surface area contributed by atoms with Crippen LogP contribution in [0.2, 0.25) is 0 Å². The number of carbonyl (C=O) groups excluding carboxylic acids is 1. The molecule has 0 saturated heterocycles. The first-order valence-corrected chi connectivity index (χ1v) is 8.86. The van der Waals surface area contributed by atoms with Gasteiger partial charge in [0, 0.05) is 10.5 Å². The Balaban J connectivity index is 1.74. The van der Waals surface area contributed by atoms with Gasteiger partial charge in [0.15, 0.2) is 0 Å². The van der Waals surface area contributed by atoms with Gasteiger partial charge in [0.05, 0.1) is 12.0 Å². The molecule has 2 aliphatic rings. The van der Waals surface area contributed by atoms with Crippen molar-refractivity contribution in [1.82, 2.24) is 4.90 Å². The first kappa shape index (κ1) is 16.5. The van der Waals surface area contributed by atoms with Crippen LogP contribution in [0.15, 0.2) is 66.7 Å². The van der Waals surface area contributed by atoms with E-state index in [0.29, 0.717) is 12.0 Å². The molecule has 0 aromatic heterocycles. The van der Waals surface area contributed by atoms with Gasteiger partial charge < -0.3 is 4.90 Å². The first-order valence-electron chi connectivity index (χ1n) is 8.86. The van der Waals surface area contributed by atoms with E-state index in [2.05, 4.69) is 0 Å². The minimum atomic E-state index is -0.858. The van der Waals surface area contributed by atoms with Crippen LogP contribution < -0.4 is 0 Å². The molecule has 132 valence electrons. The van der Waals surface area contributed by atoms with Crippen LogP contribution in [0.4, 0.5) is 0 Å². The zero-order chi connectivity index (χ0) is 18.3. The van der Waals surface area contributed by atoms with E-state index in [4.69, 9.17) is 0 Å². The summed E-state index contributed by atoms with van der Waals surface area (Å²) < 4.78 is 0. The Kier molecular flexibility index (Phi) is 4.07.